The number of imidazole rings is 2. The molecule has 0 N–H and O–H groups in total. The van der Waals surface area contributed by atoms with Crippen molar-refractivity contribution in [2.45, 2.75) is 40.3 Å². The van der Waals surface area contributed by atoms with Gasteiger partial charge in [-0.25, -0.2) is 0 Å². The van der Waals surface area contributed by atoms with Crippen LogP contribution in [-0.4, -0.2) is 29.0 Å². The second-order valence-electron chi connectivity index (χ2n) is 6.42. The number of hydrogen-bond acceptors (Lipinski definition) is 4. The molecule has 26 heavy (non-hydrogen) atoms. The summed E-state index contributed by atoms with van der Waals surface area (Å²) in [5, 5.41) is 5.35. The van der Waals surface area contributed by atoms with Gasteiger partial charge in [-0.05, 0) is 0 Å². The Morgan fingerprint density at radius 1 is 1.27 bits per heavy atom. The van der Waals surface area contributed by atoms with Crippen LogP contribution >= 0.6 is 11.3 Å². The Kier molecular flexibility index (Phi) is 6.63. The van der Waals surface area contributed by atoms with Gasteiger partial charge in [-0.1, -0.05) is 0 Å². The van der Waals surface area contributed by atoms with Gasteiger partial charge in [-0.3, -0.25) is 0 Å². The molecule has 0 saturated heterocycles. The van der Waals surface area contributed by atoms with E-state index < -0.39 is 0 Å². The van der Waals surface area contributed by atoms with Crippen LogP contribution in [0.25, 0.3) is 21.0 Å². The molecule has 0 atom stereocenters. The van der Waals surface area contributed by atoms with E-state index in [0.29, 0.717) is 12.5 Å². The molecular formula is C19H25IN5S-. The van der Waals surface area contributed by atoms with E-state index in [2.05, 4.69) is 55.0 Å². The second-order valence-corrected chi connectivity index (χ2v) is 9.18. The molecule has 0 spiro atoms. The van der Waals surface area contributed by atoms with Crippen molar-refractivity contribution in [1.29, 1.82) is 0 Å². The summed E-state index contributed by atoms with van der Waals surface area (Å²) in [6.07, 6.45) is 9.02. The second kappa shape index (κ2) is 8.94. The van der Waals surface area contributed by atoms with Gasteiger partial charge in [0.15, 0.2) is 0 Å². The first kappa shape index (κ1) is 19.3. The van der Waals surface area contributed by atoms with Gasteiger partial charge in [0, 0.05) is 0 Å². The fraction of sp³-hybridized carbons (Fsp3) is 0.421. The number of halogens is 1. The third-order valence-corrected chi connectivity index (χ3v) is 6.06. The number of nitrogens with zero attached hydrogens (tertiary/aromatic N) is 5. The van der Waals surface area contributed by atoms with Crippen LogP contribution in [0.5, 0.6) is 0 Å². The standard InChI is InChI=1S/C19H25IN5S/c1-5-25-16(12-20-4)15(7-6-14(2)3)23-17(25)13-24-10-8-21-18(24)19-22-9-11-26-19/h7-12,14H,5-6,13H2,1-4H3/q-1/b15-7+,16-12+. The van der Waals surface area contributed by atoms with Gasteiger partial charge in [0.1, 0.15) is 0 Å². The molecule has 3 aromatic heterocycles. The Bertz CT molecular complexity index is 953. The number of rotatable bonds is 7. The first-order valence-electron chi connectivity index (χ1n) is 8.78. The van der Waals surface area contributed by atoms with E-state index in [-0.39, 0.29) is 21.2 Å². The summed E-state index contributed by atoms with van der Waals surface area (Å²) in [6, 6.07) is 0. The van der Waals surface area contributed by atoms with Crippen molar-refractivity contribution in [2.75, 3.05) is 4.93 Å². The molecule has 5 nitrogen and oxygen atoms in total. The molecule has 0 radical (unpaired) electrons. The summed E-state index contributed by atoms with van der Waals surface area (Å²) in [6.45, 7) is 8.32. The summed E-state index contributed by atoms with van der Waals surface area (Å²) < 4.78 is 6.88. The van der Waals surface area contributed by atoms with Gasteiger partial charge in [0.25, 0.3) is 0 Å². The van der Waals surface area contributed by atoms with Gasteiger partial charge in [-0.15, -0.1) is 0 Å². The summed E-state index contributed by atoms with van der Waals surface area (Å²) in [5.41, 5.74) is 0. The molecule has 140 valence electrons. The molecular weight excluding hydrogens is 457 g/mol. The molecule has 0 aliphatic heterocycles. The zero-order valence-electron chi connectivity index (χ0n) is 15.7. The van der Waals surface area contributed by atoms with Crippen molar-refractivity contribution in [3.8, 4) is 10.8 Å². The molecule has 3 heterocycles. The Labute approximate surface area is 168 Å². The monoisotopic (exact) mass is 482 g/mol. The van der Waals surface area contributed by atoms with Crippen LogP contribution in [0.15, 0.2) is 24.0 Å². The summed E-state index contributed by atoms with van der Waals surface area (Å²) in [5.74, 6) is 2.63. The molecule has 0 bridgehead atoms. The van der Waals surface area contributed by atoms with Crippen LogP contribution in [-0.2, 0) is 13.1 Å². The van der Waals surface area contributed by atoms with Crippen molar-refractivity contribution in [3.05, 3.63) is 40.5 Å². The van der Waals surface area contributed by atoms with Crippen LogP contribution in [0.1, 0.15) is 33.0 Å². The Balaban J connectivity index is 2.04. The molecule has 0 aliphatic rings. The van der Waals surface area contributed by atoms with Crippen LogP contribution in [0, 0.1) is 5.92 Å². The van der Waals surface area contributed by atoms with Crippen molar-refractivity contribution in [2.24, 2.45) is 5.92 Å². The normalized spacial score (nSPS) is 13.4. The van der Waals surface area contributed by atoms with Crippen LogP contribution < -0.4 is 31.9 Å². The predicted octanol–water partition coefficient (Wildman–Crippen LogP) is -0.445. The van der Waals surface area contributed by atoms with E-state index in [9.17, 15) is 0 Å². The van der Waals surface area contributed by atoms with E-state index in [1.54, 1.807) is 11.3 Å². The minimum atomic E-state index is 0.0543. The molecule has 0 aromatic carbocycles. The summed E-state index contributed by atoms with van der Waals surface area (Å²) in [7, 11) is 0. The summed E-state index contributed by atoms with van der Waals surface area (Å²) >= 11 is 1.67. The molecule has 0 aliphatic carbocycles. The number of hydrogen-bond donors (Lipinski definition) is 0. The molecule has 0 unspecified atom stereocenters. The van der Waals surface area contributed by atoms with Gasteiger partial charge in [-0.2, -0.15) is 0 Å². The van der Waals surface area contributed by atoms with Crippen molar-refractivity contribution in [1.82, 2.24) is 24.1 Å². The average molecular weight is 482 g/mol. The quantitative estimate of drug-likeness (QED) is 0.339. The topological polar surface area (TPSA) is 48.5 Å². The van der Waals surface area contributed by atoms with E-state index in [1.807, 2.05) is 24.0 Å². The number of aromatic nitrogens is 5. The zero-order chi connectivity index (χ0) is 18.5. The fourth-order valence-corrected chi connectivity index (χ4v) is 4.74. The van der Waals surface area contributed by atoms with E-state index >= 15 is 0 Å². The van der Waals surface area contributed by atoms with Crippen molar-refractivity contribution in [3.63, 3.8) is 0 Å². The van der Waals surface area contributed by atoms with Crippen LogP contribution in [0.3, 0.4) is 0 Å². The van der Waals surface area contributed by atoms with Crippen LogP contribution in [0.2, 0.25) is 0 Å². The Morgan fingerprint density at radius 3 is 2.77 bits per heavy atom. The molecule has 3 aromatic rings. The zero-order valence-corrected chi connectivity index (χ0v) is 18.7. The average Bonchev–Trinajstić information content (AvgIpc) is 3.33. The Hall–Kier alpha value is -1.48. The van der Waals surface area contributed by atoms with E-state index in [4.69, 9.17) is 4.98 Å². The third-order valence-electron chi connectivity index (χ3n) is 4.08. The van der Waals surface area contributed by atoms with Crippen molar-refractivity contribution >= 4 is 21.5 Å². The molecule has 0 fully saturated rings. The third kappa shape index (κ3) is 4.25. The van der Waals surface area contributed by atoms with Gasteiger partial charge < -0.3 is 0 Å². The predicted molar refractivity (Wildman–Crippen MR) is 104 cm³/mol. The van der Waals surface area contributed by atoms with E-state index in [0.717, 1.165) is 35.0 Å². The first-order valence-corrected chi connectivity index (χ1v) is 13.1. The maximum absolute atomic E-state index is 5.00. The molecule has 0 amide bonds. The van der Waals surface area contributed by atoms with Gasteiger partial charge >= 0.3 is 169 Å². The van der Waals surface area contributed by atoms with Crippen molar-refractivity contribution < 1.29 is 21.2 Å². The molecule has 0 saturated carbocycles. The Morgan fingerprint density at radius 2 is 2.12 bits per heavy atom. The number of thiazole rings is 1. The number of alkyl halides is 1. The van der Waals surface area contributed by atoms with E-state index in [1.165, 1.54) is 5.35 Å². The maximum atomic E-state index is 5.00. The molecule has 3 rings (SSSR count). The van der Waals surface area contributed by atoms with Gasteiger partial charge in [0.05, 0.1) is 0 Å². The molecule has 7 heteroatoms. The minimum absolute atomic E-state index is 0.0543. The fourth-order valence-electron chi connectivity index (χ4n) is 2.84. The van der Waals surface area contributed by atoms with Gasteiger partial charge in [0.2, 0.25) is 0 Å². The van der Waals surface area contributed by atoms with Crippen LogP contribution in [0.4, 0.5) is 0 Å². The SMILES string of the molecule is CCn1c(Cn2ccnc2-c2nccs2)nc(=C/CC(C)C)/c1=C\[I-]C. The summed E-state index contributed by atoms with van der Waals surface area (Å²) in [4.78, 5) is 16.2. The first-order chi connectivity index (χ1) is 12.6.